The number of fused-ring (bicyclic) bond motifs is 1. The van der Waals surface area contributed by atoms with Gasteiger partial charge in [0.15, 0.2) is 0 Å². The molecule has 0 spiro atoms. The molecule has 2 N–H and O–H groups in total. The molecule has 6 heteroatoms. The third-order valence-electron chi connectivity index (χ3n) is 4.97. The van der Waals surface area contributed by atoms with Crippen molar-refractivity contribution in [1.29, 1.82) is 0 Å². The standard InChI is InChI=1S/C23H26N4O2/c1-5-14(2)25-23(29)18-8-6-7-17(11-18)13-24-22(28)19-9-10-20-21(12-19)27-16(4)15(3)26-20/h6-12,14H,5,13H2,1-4H3,(H,24,28)(H,25,29). The first-order valence-corrected chi connectivity index (χ1v) is 9.80. The summed E-state index contributed by atoms with van der Waals surface area (Å²) in [6, 6.07) is 12.7. The van der Waals surface area contributed by atoms with E-state index in [1.165, 1.54) is 0 Å². The number of aryl methyl sites for hydroxylation is 2. The summed E-state index contributed by atoms with van der Waals surface area (Å²) in [7, 11) is 0. The zero-order chi connectivity index (χ0) is 21.0. The summed E-state index contributed by atoms with van der Waals surface area (Å²) >= 11 is 0. The molecule has 29 heavy (non-hydrogen) atoms. The average Bonchev–Trinajstić information content (AvgIpc) is 2.72. The van der Waals surface area contributed by atoms with Crippen LogP contribution in [0, 0.1) is 13.8 Å². The fourth-order valence-electron chi connectivity index (χ4n) is 2.89. The van der Waals surface area contributed by atoms with Crippen molar-refractivity contribution in [2.24, 2.45) is 0 Å². The summed E-state index contributed by atoms with van der Waals surface area (Å²) in [6.45, 7) is 8.15. The van der Waals surface area contributed by atoms with E-state index in [2.05, 4.69) is 20.6 Å². The van der Waals surface area contributed by atoms with Crippen LogP contribution in [-0.4, -0.2) is 27.8 Å². The Kier molecular flexibility index (Phi) is 6.22. The number of hydrogen-bond donors (Lipinski definition) is 2. The molecule has 0 saturated carbocycles. The molecule has 0 aliphatic heterocycles. The van der Waals surface area contributed by atoms with Crippen molar-refractivity contribution in [3.8, 4) is 0 Å². The molecule has 0 radical (unpaired) electrons. The lowest BCUT2D eigenvalue weighted by Crippen LogP contribution is -2.32. The fourth-order valence-corrected chi connectivity index (χ4v) is 2.89. The number of nitrogens with one attached hydrogen (secondary N) is 2. The Morgan fingerprint density at radius 1 is 0.931 bits per heavy atom. The SMILES string of the molecule is CCC(C)NC(=O)c1cccc(CNC(=O)c2ccc3nc(C)c(C)nc3c2)c1. The molecule has 0 fully saturated rings. The van der Waals surface area contributed by atoms with Crippen LogP contribution in [0.1, 0.15) is 57.9 Å². The van der Waals surface area contributed by atoms with Gasteiger partial charge >= 0.3 is 0 Å². The quantitative estimate of drug-likeness (QED) is 0.672. The second-order valence-corrected chi connectivity index (χ2v) is 7.26. The summed E-state index contributed by atoms with van der Waals surface area (Å²) in [5, 5.41) is 5.86. The maximum Gasteiger partial charge on any atom is 0.251 e. The van der Waals surface area contributed by atoms with Crippen molar-refractivity contribution in [1.82, 2.24) is 20.6 Å². The lowest BCUT2D eigenvalue weighted by Gasteiger charge is -2.12. The highest BCUT2D eigenvalue weighted by Gasteiger charge is 2.11. The van der Waals surface area contributed by atoms with Gasteiger partial charge in [-0.15, -0.1) is 0 Å². The van der Waals surface area contributed by atoms with E-state index in [1.807, 2.05) is 45.9 Å². The van der Waals surface area contributed by atoms with Crippen LogP contribution >= 0.6 is 0 Å². The predicted octanol–water partition coefficient (Wildman–Crippen LogP) is 3.70. The predicted molar refractivity (Wildman–Crippen MR) is 114 cm³/mol. The number of carbonyl (C=O) groups is 2. The first kappa shape index (κ1) is 20.5. The van der Waals surface area contributed by atoms with Crippen LogP contribution in [0.3, 0.4) is 0 Å². The van der Waals surface area contributed by atoms with Crippen LogP contribution in [-0.2, 0) is 6.54 Å². The van der Waals surface area contributed by atoms with E-state index in [1.54, 1.807) is 24.3 Å². The molecule has 1 aromatic heterocycles. The molecule has 1 atom stereocenters. The smallest absolute Gasteiger partial charge is 0.251 e. The van der Waals surface area contributed by atoms with E-state index in [-0.39, 0.29) is 17.9 Å². The first-order valence-electron chi connectivity index (χ1n) is 9.80. The van der Waals surface area contributed by atoms with Crippen molar-refractivity contribution in [2.75, 3.05) is 0 Å². The van der Waals surface area contributed by atoms with E-state index in [0.29, 0.717) is 23.2 Å². The topological polar surface area (TPSA) is 84.0 Å². The number of benzene rings is 2. The lowest BCUT2D eigenvalue weighted by molar-refractivity contribution is 0.0936. The number of hydrogen-bond acceptors (Lipinski definition) is 4. The van der Waals surface area contributed by atoms with E-state index in [0.717, 1.165) is 28.9 Å². The Labute approximate surface area is 170 Å². The summed E-state index contributed by atoms with van der Waals surface area (Å²) in [5.74, 6) is -0.298. The number of aromatic nitrogens is 2. The molecular weight excluding hydrogens is 364 g/mol. The first-order chi connectivity index (χ1) is 13.9. The minimum atomic E-state index is -0.193. The molecule has 6 nitrogen and oxygen atoms in total. The van der Waals surface area contributed by atoms with Gasteiger partial charge in [0.25, 0.3) is 11.8 Å². The number of nitrogens with zero attached hydrogens (tertiary/aromatic N) is 2. The summed E-state index contributed by atoms with van der Waals surface area (Å²) in [6.07, 6.45) is 0.872. The average molecular weight is 390 g/mol. The highest BCUT2D eigenvalue weighted by atomic mass is 16.2. The second-order valence-electron chi connectivity index (χ2n) is 7.26. The van der Waals surface area contributed by atoms with Gasteiger partial charge < -0.3 is 10.6 Å². The van der Waals surface area contributed by atoms with E-state index < -0.39 is 0 Å². The minimum absolute atomic E-state index is 0.105. The van der Waals surface area contributed by atoms with E-state index in [4.69, 9.17) is 0 Å². The summed E-state index contributed by atoms with van der Waals surface area (Å²) < 4.78 is 0. The van der Waals surface area contributed by atoms with Gasteiger partial charge in [0.2, 0.25) is 0 Å². The molecule has 1 unspecified atom stereocenters. The molecule has 3 aromatic rings. The van der Waals surface area contributed by atoms with Gasteiger partial charge in [-0.3, -0.25) is 9.59 Å². The molecule has 0 aliphatic rings. The summed E-state index contributed by atoms with van der Waals surface area (Å²) in [4.78, 5) is 33.9. The Morgan fingerprint density at radius 3 is 2.34 bits per heavy atom. The van der Waals surface area contributed by atoms with Crippen molar-refractivity contribution < 1.29 is 9.59 Å². The van der Waals surface area contributed by atoms with E-state index >= 15 is 0 Å². The van der Waals surface area contributed by atoms with Crippen molar-refractivity contribution in [3.63, 3.8) is 0 Å². The van der Waals surface area contributed by atoms with E-state index in [9.17, 15) is 9.59 Å². The largest absolute Gasteiger partial charge is 0.350 e. The van der Waals surface area contributed by atoms with Gasteiger partial charge in [0.05, 0.1) is 22.4 Å². The Balaban J connectivity index is 1.69. The lowest BCUT2D eigenvalue weighted by atomic mass is 10.1. The fraction of sp³-hybridized carbons (Fsp3) is 0.304. The molecule has 2 amide bonds. The van der Waals surface area contributed by atoms with Gasteiger partial charge in [-0.25, -0.2) is 9.97 Å². The third-order valence-corrected chi connectivity index (χ3v) is 4.97. The normalized spacial score (nSPS) is 11.9. The molecule has 0 aliphatic carbocycles. The number of carbonyl (C=O) groups excluding carboxylic acids is 2. The maximum absolute atomic E-state index is 12.6. The van der Waals surface area contributed by atoms with Crippen molar-refractivity contribution >= 4 is 22.8 Å². The second kappa shape index (κ2) is 8.82. The Hall–Kier alpha value is -3.28. The zero-order valence-electron chi connectivity index (χ0n) is 17.2. The molecular formula is C23H26N4O2. The number of amides is 2. The van der Waals surface area contributed by atoms with Crippen LogP contribution in [0.2, 0.25) is 0 Å². The summed E-state index contributed by atoms with van der Waals surface area (Å²) in [5.41, 5.74) is 5.18. The molecule has 150 valence electrons. The van der Waals surface area contributed by atoms with Gasteiger partial charge in [-0.1, -0.05) is 19.1 Å². The molecule has 0 saturated heterocycles. The maximum atomic E-state index is 12.6. The van der Waals surface area contributed by atoms with Gasteiger partial charge in [0.1, 0.15) is 0 Å². The Bertz CT molecular complexity index is 1060. The van der Waals surface area contributed by atoms with Crippen LogP contribution in [0.5, 0.6) is 0 Å². The Morgan fingerprint density at radius 2 is 1.62 bits per heavy atom. The zero-order valence-corrected chi connectivity index (χ0v) is 17.2. The van der Waals surface area contributed by atoms with Crippen LogP contribution in [0.15, 0.2) is 42.5 Å². The monoisotopic (exact) mass is 390 g/mol. The van der Waals surface area contributed by atoms with Crippen LogP contribution in [0.4, 0.5) is 0 Å². The van der Waals surface area contributed by atoms with Gasteiger partial charge in [-0.05, 0) is 63.1 Å². The van der Waals surface area contributed by atoms with Crippen LogP contribution < -0.4 is 10.6 Å². The highest BCUT2D eigenvalue weighted by molar-refractivity contribution is 5.97. The minimum Gasteiger partial charge on any atom is -0.350 e. The third kappa shape index (κ3) is 4.96. The number of rotatable bonds is 6. The molecule has 2 aromatic carbocycles. The van der Waals surface area contributed by atoms with Crippen LogP contribution in [0.25, 0.3) is 11.0 Å². The van der Waals surface area contributed by atoms with Gasteiger partial charge in [0, 0.05) is 23.7 Å². The highest BCUT2D eigenvalue weighted by Crippen LogP contribution is 2.15. The van der Waals surface area contributed by atoms with Crippen molar-refractivity contribution in [2.45, 2.75) is 46.7 Å². The molecule has 0 bridgehead atoms. The molecule has 3 rings (SSSR count). The van der Waals surface area contributed by atoms with Gasteiger partial charge in [-0.2, -0.15) is 0 Å². The van der Waals surface area contributed by atoms with Crippen molar-refractivity contribution in [3.05, 3.63) is 70.5 Å². The molecule has 1 heterocycles.